The minimum atomic E-state index is -0.0161. The summed E-state index contributed by atoms with van der Waals surface area (Å²) < 4.78 is 2.81. The van der Waals surface area contributed by atoms with E-state index in [-0.39, 0.29) is 5.56 Å². The number of aromatic nitrogens is 3. The Kier molecular flexibility index (Phi) is 3.27. The molecule has 4 nitrogen and oxygen atoms in total. The fraction of sp³-hybridized carbons (Fsp3) is 0.154. The van der Waals surface area contributed by atoms with E-state index in [0.29, 0.717) is 11.3 Å². The van der Waals surface area contributed by atoms with Crippen molar-refractivity contribution >= 4 is 33.8 Å². The number of H-pyrrole nitrogens is 1. The van der Waals surface area contributed by atoms with E-state index in [1.54, 1.807) is 10.8 Å². The summed E-state index contributed by atoms with van der Waals surface area (Å²) in [6, 6.07) is 5.76. The molecule has 0 atom stereocenters. The van der Waals surface area contributed by atoms with Crippen LogP contribution in [0.3, 0.4) is 0 Å². The second-order valence-electron chi connectivity index (χ2n) is 4.16. The molecule has 1 N–H and O–H groups in total. The van der Waals surface area contributed by atoms with Crippen molar-refractivity contribution in [3.8, 4) is 0 Å². The quantitative estimate of drug-likeness (QED) is 0.754. The van der Waals surface area contributed by atoms with E-state index in [1.807, 2.05) is 29.8 Å². The molecule has 3 aromatic rings. The lowest BCUT2D eigenvalue weighted by Crippen LogP contribution is -2.22. The maximum Gasteiger partial charge on any atom is 0.272 e. The van der Waals surface area contributed by atoms with Crippen LogP contribution in [-0.2, 0) is 13.0 Å². The van der Waals surface area contributed by atoms with Gasteiger partial charge in [0.15, 0.2) is 4.77 Å². The second kappa shape index (κ2) is 5.07. The maximum atomic E-state index is 12.3. The van der Waals surface area contributed by atoms with E-state index in [2.05, 4.69) is 9.97 Å². The van der Waals surface area contributed by atoms with Crippen molar-refractivity contribution in [2.45, 2.75) is 13.0 Å². The monoisotopic (exact) mass is 289 g/mol. The topological polar surface area (TPSA) is 50.7 Å². The van der Waals surface area contributed by atoms with Crippen LogP contribution in [0.4, 0.5) is 0 Å². The number of fused-ring (bicyclic) bond motifs is 1. The Bertz CT molecular complexity index is 817. The van der Waals surface area contributed by atoms with Gasteiger partial charge in [-0.1, -0.05) is 6.07 Å². The SMILES string of the molecule is O=c1c2sccc2[nH]c(=S)n1CCc1cccnc1. The van der Waals surface area contributed by atoms with Crippen molar-refractivity contribution < 1.29 is 0 Å². The molecular formula is C13H11N3OS2. The average Bonchev–Trinajstić information content (AvgIpc) is 2.88. The van der Waals surface area contributed by atoms with Gasteiger partial charge in [-0.25, -0.2) is 0 Å². The van der Waals surface area contributed by atoms with Crippen LogP contribution in [0.1, 0.15) is 5.56 Å². The summed E-state index contributed by atoms with van der Waals surface area (Å²) in [5, 5.41) is 1.89. The van der Waals surface area contributed by atoms with Gasteiger partial charge in [-0.2, -0.15) is 0 Å². The zero-order chi connectivity index (χ0) is 13.2. The molecule has 0 saturated heterocycles. The van der Waals surface area contributed by atoms with Crippen LogP contribution in [0, 0.1) is 4.77 Å². The molecule has 6 heteroatoms. The normalized spacial score (nSPS) is 10.9. The first-order valence-corrected chi connectivity index (χ1v) is 7.14. The van der Waals surface area contributed by atoms with Gasteiger partial charge in [-0.3, -0.25) is 14.3 Å². The largest absolute Gasteiger partial charge is 0.331 e. The van der Waals surface area contributed by atoms with Crippen LogP contribution in [-0.4, -0.2) is 14.5 Å². The predicted molar refractivity (Wildman–Crippen MR) is 79.2 cm³/mol. The molecule has 0 fully saturated rings. The Morgan fingerprint density at radius 2 is 2.32 bits per heavy atom. The van der Waals surface area contributed by atoms with Gasteiger partial charge >= 0.3 is 0 Å². The van der Waals surface area contributed by atoms with E-state index >= 15 is 0 Å². The third-order valence-corrected chi connectivity index (χ3v) is 4.16. The van der Waals surface area contributed by atoms with Crippen molar-refractivity contribution in [3.05, 3.63) is 56.7 Å². The van der Waals surface area contributed by atoms with Gasteiger partial charge in [0.2, 0.25) is 0 Å². The van der Waals surface area contributed by atoms with Crippen molar-refractivity contribution in [2.24, 2.45) is 0 Å². The Balaban J connectivity index is 1.97. The Hall–Kier alpha value is -1.79. The van der Waals surface area contributed by atoms with E-state index < -0.39 is 0 Å². The highest BCUT2D eigenvalue weighted by Gasteiger charge is 2.06. The lowest BCUT2D eigenvalue weighted by molar-refractivity contribution is 0.652. The minimum absolute atomic E-state index is 0.0161. The summed E-state index contributed by atoms with van der Waals surface area (Å²) in [5.41, 5.74) is 1.89. The number of nitrogens with one attached hydrogen (secondary N) is 1. The third-order valence-electron chi connectivity index (χ3n) is 2.94. The average molecular weight is 289 g/mol. The number of hydrogen-bond donors (Lipinski definition) is 1. The standard InChI is InChI=1S/C13H11N3OS2/c17-12-11-10(4-7-19-11)15-13(18)16(12)6-3-9-2-1-5-14-8-9/h1-2,4-5,7-8H,3,6H2,(H,15,18). The molecule has 0 unspecified atom stereocenters. The summed E-state index contributed by atoms with van der Waals surface area (Å²) in [6.07, 6.45) is 4.28. The highest BCUT2D eigenvalue weighted by Crippen LogP contribution is 2.14. The molecule has 0 saturated carbocycles. The number of nitrogens with zero attached hydrogens (tertiary/aromatic N) is 2. The molecule has 0 aliphatic heterocycles. The van der Waals surface area contributed by atoms with Gasteiger partial charge in [-0.15, -0.1) is 11.3 Å². The molecular weight excluding hydrogens is 278 g/mol. The molecule has 0 spiro atoms. The van der Waals surface area contributed by atoms with Crippen LogP contribution >= 0.6 is 23.6 Å². The van der Waals surface area contributed by atoms with Gasteiger partial charge in [0.25, 0.3) is 5.56 Å². The molecule has 0 aliphatic rings. The lowest BCUT2D eigenvalue weighted by atomic mass is 10.2. The van der Waals surface area contributed by atoms with Crippen LogP contribution < -0.4 is 5.56 Å². The van der Waals surface area contributed by atoms with Crippen molar-refractivity contribution in [1.82, 2.24) is 14.5 Å². The smallest absolute Gasteiger partial charge is 0.272 e. The van der Waals surface area contributed by atoms with Gasteiger partial charge in [0.1, 0.15) is 4.70 Å². The highest BCUT2D eigenvalue weighted by molar-refractivity contribution is 7.71. The first-order valence-electron chi connectivity index (χ1n) is 5.85. The summed E-state index contributed by atoms with van der Waals surface area (Å²) in [7, 11) is 0. The van der Waals surface area contributed by atoms with E-state index in [9.17, 15) is 4.79 Å². The molecule has 3 rings (SSSR count). The molecule has 0 aliphatic carbocycles. The number of thiophene rings is 1. The Morgan fingerprint density at radius 1 is 1.42 bits per heavy atom. The Labute approximate surface area is 118 Å². The maximum absolute atomic E-state index is 12.3. The lowest BCUT2D eigenvalue weighted by Gasteiger charge is -2.06. The first kappa shape index (κ1) is 12.3. The molecule has 0 amide bonds. The van der Waals surface area contributed by atoms with Gasteiger partial charge in [-0.05, 0) is 41.7 Å². The minimum Gasteiger partial charge on any atom is -0.331 e. The van der Waals surface area contributed by atoms with Gasteiger partial charge in [0.05, 0.1) is 5.52 Å². The fourth-order valence-electron chi connectivity index (χ4n) is 1.96. The molecule has 0 bridgehead atoms. The number of pyridine rings is 1. The summed E-state index contributed by atoms with van der Waals surface area (Å²) in [5.74, 6) is 0. The molecule has 96 valence electrons. The molecule has 3 aromatic heterocycles. The predicted octanol–water partition coefficient (Wildman–Crippen LogP) is 2.76. The number of aryl methyl sites for hydroxylation is 1. The van der Waals surface area contributed by atoms with E-state index in [4.69, 9.17) is 12.2 Å². The second-order valence-corrected chi connectivity index (χ2v) is 5.46. The van der Waals surface area contributed by atoms with Crippen molar-refractivity contribution in [1.29, 1.82) is 0 Å². The van der Waals surface area contributed by atoms with Crippen molar-refractivity contribution in [3.63, 3.8) is 0 Å². The van der Waals surface area contributed by atoms with Crippen LogP contribution in [0.5, 0.6) is 0 Å². The summed E-state index contributed by atoms with van der Waals surface area (Å²) in [4.78, 5) is 19.5. The molecule has 19 heavy (non-hydrogen) atoms. The van der Waals surface area contributed by atoms with E-state index in [0.717, 1.165) is 22.2 Å². The molecule has 3 heterocycles. The summed E-state index contributed by atoms with van der Waals surface area (Å²) >= 11 is 6.68. The zero-order valence-electron chi connectivity index (χ0n) is 10.00. The van der Waals surface area contributed by atoms with Crippen LogP contribution in [0.15, 0.2) is 40.8 Å². The highest BCUT2D eigenvalue weighted by atomic mass is 32.1. The first-order chi connectivity index (χ1) is 9.25. The van der Waals surface area contributed by atoms with Crippen LogP contribution in [0.25, 0.3) is 10.2 Å². The molecule has 0 radical (unpaired) electrons. The van der Waals surface area contributed by atoms with Crippen molar-refractivity contribution in [2.75, 3.05) is 0 Å². The number of rotatable bonds is 3. The fourth-order valence-corrected chi connectivity index (χ4v) is 3.04. The van der Waals surface area contributed by atoms with Gasteiger partial charge in [0, 0.05) is 18.9 Å². The molecule has 0 aromatic carbocycles. The van der Waals surface area contributed by atoms with E-state index in [1.165, 1.54) is 11.3 Å². The summed E-state index contributed by atoms with van der Waals surface area (Å²) in [6.45, 7) is 0.563. The number of hydrogen-bond acceptors (Lipinski definition) is 4. The number of aromatic amines is 1. The Morgan fingerprint density at radius 3 is 3.11 bits per heavy atom. The van der Waals surface area contributed by atoms with Gasteiger partial charge < -0.3 is 4.98 Å². The third kappa shape index (κ3) is 2.36. The van der Waals surface area contributed by atoms with Crippen LogP contribution in [0.2, 0.25) is 0 Å². The zero-order valence-corrected chi connectivity index (χ0v) is 11.6.